The van der Waals surface area contributed by atoms with Crippen molar-refractivity contribution in [1.82, 2.24) is 10.6 Å². The fourth-order valence-corrected chi connectivity index (χ4v) is 2.07. The highest BCUT2D eigenvalue weighted by atomic mass is 16.6. The molecule has 5 heteroatoms. The summed E-state index contributed by atoms with van der Waals surface area (Å²) in [5.41, 5.74) is 1.79. The van der Waals surface area contributed by atoms with E-state index in [9.17, 15) is 4.79 Å². The van der Waals surface area contributed by atoms with Crippen LogP contribution >= 0.6 is 0 Å². The number of alkyl carbamates (subject to hydrolysis) is 1. The van der Waals surface area contributed by atoms with E-state index in [1.54, 1.807) is 7.11 Å². The lowest BCUT2D eigenvalue weighted by Gasteiger charge is -2.19. The Balaban J connectivity index is 2.32. The summed E-state index contributed by atoms with van der Waals surface area (Å²) in [5.74, 6) is 0.498. The maximum absolute atomic E-state index is 11.6. The molecule has 0 heterocycles. The number of amides is 1. The molecule has 0 aliphatic carbocycles. The summed E-state index contributed by atoms with van der Waals surface area (Å²) in [5, 5.41) is 6.17. The second kappa shape index (κ2) is 9.53. The van der Waals surface area contributed by atoms with E-state index >= 15 is 0 Å². The van der Waals surface area contributed by atoms with Gasteiger partial charge in [-0.05, 0) is 37.8 Å². The Morgan fingerprint density at radius 2 is 1.70 bits per heavy atom. The lowest BCUT2D eigenvalue weighted by Crippen LogP contribution is -2.32. The Morgan fingerprint density at radius 1 is 1.13 bits per heavy atom. The number of carbonyl (C=O) groups is 1. The molecule has 1 aromatic rings. The maximum atomic E-state index is 11.6. The molecule has 0 aliphatic rings. The van der Waals surface area contributed by atoms with Crippen molar-refractivity contribution < 1.29 is 14.3 Å². The molecule has 1 amide bonds. The van der Waals surface area contributed by atoms with E-state index in [-0.39, 0.29) is 0 Å². The molecule has 130 valence electrons. The quantitative estimate of drug-likeness (QED) is 0.772. The van der Waals surface area contributed by atoms with Crippen LogP contribution in [0.4, 0.5) is 4.79 Å². The zero-order valence-electron chi connectivity index (χ0n) is 14.9. The fourth-order valence-electron chi connectivity index (χ4n) is 2.07. The van der Waals surface area contributed by atoms with Gasteiger partial charge >= 0.3 is 6.09 Å². The van der Waals surface area contributed by atoms with Gasteiger partial charge < -0.3 is 20.1 Å². The van der Waals surface area contributed by atoms with Crippen molar-refractivity contribution >= 4 is 6.09 Å². The number of hydrogen-bond donors (Lipinski definition) is 2. The van der Waals surface area contributed by atoms with Gasteiger partial charge in [0, 0.05) is 33.4 Å². The zero-order valence-corrected chi connectivity index (χ0v) is 14.9. The van der Waals surface area contributed by atoms with Crippen LogP contribution in [-0.2, 0) is 22.6 Å². The summed E-state index contributed by atoms with van der Waals surface area (Å²) in [7, 11) is 1.72. The van der Waals surface area contributed by atoms with Gasteiger partial charge in [-0.1, -0.05) is 31.2 Å². The van der Waals surface area contributed by atoms with Crippen LogP contribution in [0.5, 0.6) is 0 Å². The zero-order chi connectivity index (χ0) is 17.3. The topological polar surface area (TPSA) is 59.6 Å². The third-order valence-electron chi connectivity index (χ3n) is 3.13. The number of nitrogens with one attached hydrogen (secondary N) is 2. The summed E-state index contributed by atoms with van der Waals surface area (Å²) in [6, 6.07) is 8.18. The standard InChI is InChI=1S/C18H30N2O3/c1-14(13-22-5)10-19-11-15-6-8-16(9-7-15)12-20-17(21)23-18(2,3)4/h6-9,14,19H,10-13H2,1-5H3,(H,20,21). The van der Waals surface area contributed by atoms with Crippen molar-refractivity contribution in [3.05, 3.63) is 35.4 Å². The van der Waals surface area contributed by atoms with E-state index in [4.69, 9.17) is 9.47 Å². The second-order valence-corrected chi connectivity index (χ2v) is 6.86. The summed E-state index contributed by atoms with van der Waals surface area (Å²) in [4.78, 5) is 11.6. The lowest BCUT2D eigenvalue weighted by atomic mass is 10.1. The molecule has 1 atom stereocenters. The van der Waals surface area contributed by atoms with Crippen molar-refractivity contribution in [3.63, 3.8) is 0 Å². The highest BCUT2D eigenvalue weighted by molar-refractivity contribution is 5.67. The van der Waals surface area contributed by atoms with Gasteiger partial charge in [0.05, 0.1) is 0 Å². The molecule has 0 bridgehead atoms. The van der Waals surface area contributed by atoms with Gasteiger partial charge in [-0.25, -0.2) is 4.79 Å². The van der Waals surface area contributed by atoms with E-state index in [0.717, 1.165) is 25.3 Å². The Morgan fingerprint density at radius 3 is 2.22 bits per heavy atom. The number of rotatable bonds is 8. The Bertz CT molecular complexity index is 466. The number of hydrogen-bond acceptors (Lipinski definition) is 4. The normalized spacial score (nSPS) is 12.7. The van der Waals surface area contributed by atoms with E-state index in [1.165, 1.54) is 5.56 Å². The minimum absolute atomic E-state index is 0.393. The molecule has 2 N–H and O–H groups in total. The number of ether oxygens (including phenoxy) is 2. The number of benzene rings is 1. The van der Waals surface area contributed by atoms with Crippen LogP contribution in [0, 0.1) is 5.92 Å². The molecule has 0 radical (unpaired) electrons. The maximum Gasteiger partial charge on any atom is 0.407 e. The molecule has 0 fully saturated rings. The first-order valence-electron chi connectivity index (χ1n) is 8.04. The molecule has 5 nitrogen and oxygen atoms in total. The summed E-state index contributed by atoms with van der Waals surface area (Å²) < 4.78 is 10.3. The van der Waals surface area contributed by atoms with E-state index in [0.29, 0.717) is 12.5 Å². The Labute approximate surface area is 139 Å². The van der Waals surface area contributed by atoms with Gasteiger partial charge in [0.25, 0.3) is 0 Å². The van der Waals surface area contributed by atoms with Gasteiger partial charge in [-0.15, -0.1) is 0 Å². The Kier molecular flexibility index (Phi) is 8.06. The molecule has 1 unspecified atom stereocenters. The minimum Gasteiger partial charge on any atom is -0.444 e. The van der Waals surface area contributed by atoms with Crippen molar-refractivity contribution in [1.29, 1.82) is 0 Å². The summed E-state index contributed by atoms with van der Waals surface area (Å²) >= 11 is 0. The van der Waals surface area contributed by atoms with Crippen LogP contribution in [0.3, 0.4) is 0 Å². The van der Waals surface area contributed by atoms with Gasteiger partial charge in [0.2, 0.25) is 0 Å². The predicted octanol–water partition coefficient (Wildman–Crippen LogP) is 3.08. The molecule has 1 rings (SSSR count). The molecular formula is C18H30N2O3. The highest BCUT2D eigenvalue weighted by Crippen LogP contribution is 2.08. The largest absolute Gasteiger partial charge is 0.444 e. The van der Waals surface area contributed by atoms with Crippen molar-refractivity contribution in [2.24, 2.45) is 5.92 Å². The molecule has 0 spiro atoms. The second-order valence-electron chi connectivity index (χ2n) is 6.86. The van der Waals surface area contributed by atoms with Gasteiger partial charge in [0.15, 0.2) is 0 Å². The molecule has 1 aromatic carbocycles. The van der Waals surface area contributed by atoms with Crippen molar-refractivity contribution in [3.8, 4) is 0 Å². The van der Waals surface area contributed by atoms with Crippen molar-refractivity contribution in [2.75, 3.05) is 20.3 Å². The summed E-state index contributed by atoms with van der Waals surface area (Å²) in [6.45, 7) is 10.7. The molecule has 0 saturated carbocycles. The first-order valence-corrected chi connectivity index (χ1v) is 8.04. The van der Waals surface area contributed by atoms with E-state index in [2.05, 4.69) is 29.7 Å². The first-order chi connectivity index (χ1) is 10.8. The predicted molar refractivity (Wildman–Crippen MR) is 92.3 cm³/mol. The fraction of sp³-hybridized carbons (Fsp3) is 0.611. The molecule has 23 heavy (non-hydrogen) atoms. The monoisotopic (exact) mass is 322 g/mol. The van der Waals surface area contributed by atoms with Crippen LogP contribution in [0.2, 0.25) is 0 Å². The molecule has 0 aromatic heterocycles. The lowest BCUT2D eigenvalue weighted by molar-refractivity contribution is 0.0523. The SMILES string of the molecule is COCC(C)CNCc1ccc(CNC(=O)OC(C)(C)C)cc1. The number of methoxy groups -OCH3 is 1. The van der Waals surface area contributed by atoms with Gasteiger partial charge in [0.1, 0.15) is 5.60 Å². The molecule has 0 saturated heterocycles. The third kappa shape index (κ3) is 9.21. The Hall–Kier alpha value is -1.59. The van der Waals surface area contributed by atoms with Gasteiger partial charge in [-0.3, -0.25) is 0 Å². The average Bonchev–Trinajstić information content (AvgIpc) is 2.45. The highest BCUT2D eigenvalue weighted by Gasteiger charge is 2.15. The minimum atomic E-state index is -0.473. The van der Waals surface area contributed by atoms with Crippen LogP contribution < -0.4 is 10.6 Å². The average molecular weight is 322 g/mol. The van der Waals surface area contributed by atoms with Crippen molar-refractivity contribution in [2.45, 2.75) is 46.4 Å². The van der Waals surface area contributed by atoms with Gasteiger partial charge in [-0.2, -0.15) is 0 Å². The molecular weight excluding hydrogens is 292 g/mol. The number of carbonyl (C=O) groups excluding carboxylic acids is 1. The molecule has 0 aliphatic heterocycles. The van der Waals surface area contributed by atoms with E-state index < -0.39 is 11.7 Å². The smallest absolute Gasteiger partial charge is 0.407 e. The van der Waals surface area contributed by atoms with Crippen LogP contribution in [-0.4, -0.2) is 32.0 Å². The van der Waals surface area contributed by atoms with Crippen LogP contribution in [0.1, 0.15) is 38.8 Å². The first kappa shape index (κ1) is 19.5. The van der Waals surface area contributed by atoms with E-state index in [1.807, 2.05) is 32.9 Å². The van der Waals surface area contributed by atoms with Crippen LogP contribution in [0.25, 0.3) is 0 Å². The third-order valence-corrected chi connectivity index (χ3v) is 3.13. The summed E-state index contributed by atoms with van der Waals surface area (Å²) in [6.07, 6.45) is -0.393. The van der Waals surface area contributed by atoms with Crippen LogP contribution in [0.15, 0.2) is 24.3 Å².